The van der Waals surface area contributed by atoms with Gasteiger partial charge in [-0.2, -0.15) is 0 Å². The van der Waals surface area contributed by atoms with Crippen LogP contribution in [0, 0.1) is 11.8 Å². The van der Waals surface area contributed by atoms with E-state index in [0.717, 1.165) is 44.5 Å². The average molecular weight is 260 g/mol. The molecule has 1 aliphatic heterocycles. The number of pyridine rings is 1. The number of hydrogen-bond acceptors (Lipinski definition) is 3. The molecule has 1 saturated carbocycles. The summed E-state index contributed by atoms with van der Waals surface area (Å²) in [4.78, 5) is 4.50. The van der Waals surface area contributed by atoms with Crippen molar-refractivity contribution in [2.45, 2.75) is 44.1 Å². The van der Waals surface area contributed by atoms with Crippen LogP contribution in [0.2, 0.25) is 0 Å². The van der Waals surface area contributed by atoms with Crippen LogP contribution in [0.5, 0.6) is 0 Å². The maximum Gasteiger partial charge on any atom is 0.112 e. The first-order valence-corrected chi connectivity index (χ1v) is 7.66. The zero-order valence-corrected chi connectivity index (χ0v) is 11.5. The fourth-order valence-corrected chi connectivity index (χ4v) is 3.98. The molecule has 2 heterocycles. The first-order valence-electron chi connectivity index (χ1n) is 7.66. The van der Waals surface area contributed by atoms with Gasteiger partial charge in [0.05, 0.1) is 5.69 Å². The Balaban J connectivity index is 1.94. The highest BCUT2D eigenvalue weighted by atomic mass is 16.3. The minimum Gasteiger partial charge on any atom is -0.383 e. The first-order chi connectivity index (χ1) is 9.32. The van der Waals surface area contributed by atoms with Gasteiger partial charge in [-0.05, 0) is 62.7 Å². The van der Waals surface area contributed by atoms with E-state index in [1.54, 1.807) is 0 Å². The van der Waals surface area contributed by atoms with Gasteiger partial charge in [-0.15, -0.1) is 0 Å². The van der Waals surface area contributed by atoms with Crippen molar-refractivity contribution in [2.24, 2.45) is 11.8 Å². The fraction of sp³-hybridized carbons (Fsp3) is 0.688. The Kier molecular flexibility index (Phi) is 3.85. The number of rotatable bonds is 3. The number of nitrogens with zero attached hydrogens (tertiary/aromatic N) is 1. The van der Waals surface area contributed by atoms with Crippen molar-refractivity contribution in [3.05, 3.63) is 30.1 Å². The van der Waals surface area contributed by atoms with E-state index >= 15 is 0 Å². The summed E-state index contributed by atoms with van der Waals surface area (Å²) in [5.41, 5.74) is 0.189. The molecular formula is C16H24N2O. The Morgan fingerprint density at radius 2 is 1.74 bits per heavy atom. The molecule has 1 aromatic heterocycles. The van der Waals surface area contributed by atoms with Gasteiger partial charge in [-0.25, -0.2) is 0 Å². The maximum absolute atomic E-state index is 11.5. The Bertz CT molecular complexity index is 396. The largest absolute Gasteiger partial charge is 0.383 e. The second-order valence-corrected chi connectivity index (χ2v) is 6.05. The molecule has 1 aromatic rings. The fourth-order valence-electron chi connectivity index (χ4n) is 3.98. The van der Waals surface area contributed by atoms with Gasteiger partial charge in [0.1, 0.15) is 5.60 Å². The lowest BCUT2D eigenvalue weighted by Gasteiger charge is -2.42. The molecule has 3 rings (SSSR count). The van der Waals surface area contributed by atoms with Crippen molar-refractivity contribution >= 4 is 0 Å². The highest BCUT2D eigenvalue weighted by molar-refractivity contribution is 5.17. The third-order valence-electron chi connectivity index (χ3n) is 5.01. The topological polar surface area (TPSA) is 45.2 Å². The predicted octanol–water partition coefficient (Wildman–Crippen LogP) is 2.46. The summed E-state index contributed by atoms with van der Waals surface area (Å²) in [5, 5.41) is 14.9. The van der Waals surface area contributed by atoms with Crippen molar-refractivity contribution in [1.29, 1.82) is 0 Å². The molecule has 1 aliphatic carbocycles. The smallest absolute Gasteiger partial charge is 0.112 e. The number of hydrogen-bond donors (Lipinski definition) is 2. The van der Waals surface area contributed by atoms with E-state index < -0.39 is 5.60 Å². The molecule has 0 spiro atoms. The summed E-state index contributed by atoms with van der Waals surface area (Å²) in [6.45, 7) is 2.04. The SMILES string of the molecule is OC(c1ccccn1)(C1CCCC1)C1CCNCC1. The molecule has 0 radical (unpaired) electrons. The standard InChI is InChI=1S/C16H24N2O/c19-16(13-5-1-2-6-13,14-8-11-17-12-9-14)15-7-3-4-10-18-15/h3-4,7,10,13-14,17,19H,1-2,5-6,8-9,11-12H2. The molecule has 1 atom stereocenters. The molecule has 0 amide bonds. The van der Waals surface area contributed by atoms with Crippen molar-refractivity contribution in [3.63, 3.8) is 0 Å². The molecule has 104 valence electrons. The van der Waals surface area contributed by atoms with Gasteiger partial charge in [0, 0.05) is 6.20 Å². The van der Waals surface area contributed by atoms with E-state index in [9.17, 15) is 5.11 Å². The summed E-state index contributed by atoms with van der Waals surface area (Å²) in [6, 6.07) is 5.95. The number of nitrogens with one attached hydrogen (secondary N) is 1. The number of piperidine rings is 1. The molecule has 1 saturated heterocycles. The van der Waals surface area contributed by atoms with Crippen molar-refractivity contribution in [3.8, 4) is 0 Å². The van der Waals surface area contributed by atoms with Gasteiger partial charge < -0.3 is 10.4 Å². The minimum absolute atomic E-state index is 0.353. The molecule has 19 heavy (non-hydrogen) atoms. The van der Waals surface area contributed by atoms with Gasteiger partial charge in [0.15, 0.2) is 0 Å². The zero-order valence-electron chi connectivity index (χ0n) is 11.5. The van der Waals surface area contributed by atoms with Crippen LogP contribution < -0.4 is 5.32 Å². The van der Waals surface area contributed by atoms with E-state index in [-0.39, 0.29) is 0 Å². The summed E-state index contributed by atoms with van der Waals surface area (Å²) in [6.07, 6.45) is 8.74. The van der Waals surface area contributed by atoms with Gasteiger partial charge in [-0.1, -0.05) is 18.9 Å². The van der Waals surface area contributed by atoms with Crippen LogP contribution in [0.4, 0.5) is 0 Å². The summed E-state index contributed by atoms with van der Waals surface area (Å²) in [5.74, 6) is 0.747. The van der Waals surface area contributed by atoms with Gasteiger partial charge in [0.25, 0.3) is 0 Å². The highest BCUT2D eigenvalue weighted by Gasteiger charge is 2.47. The van der Waals surface area contributed by atoms with Crippen LogP contribution in [0.3, 0.4) is 0 Å². The third kappa shape index (κ3) is 2.41. The van der Waals surface area contributed by atoms with E-state index in [1.165, 1.54) is 12.8 Å². The van der Waals surface area contributed by atoms with Gasteiger partial charge in [0.2, 0.25) is 0 Å². The first kappa shape index (κ1) is 13.1. The normalized spacial score (nSPS) is 25.3. The van der Waals surface area contributed by atoms with Crippen LogP contribution in [0.1, 0.15) is 44.2 Å². The molecule has 3 heteroatoms. The van der Waals surface area contributed by atoms with Crippen LogP contribution >= 0.6 is 0 Å². The lowest BCUT2D eigenvalue weighted by molar-refractivity contribution is -0.0879. The average Bonchev–Trinajstić information content (AvgIpc) is 3.03. The van der Waals surface area contributed by atoms with Crippen molar-refractivity contribution in [2.75, 3.05) is 13.1 Å². The molecular weight excluding hydrogens is 236 g/mol. The number of aliphatic hydroxyl groups is 1. The van der Waals surface area contributed by atoms with Crippen LogP contribution in [-0.4, -0.2) is 23.2 Å². The van der Waals surface area contributed by atoms with E-state index in [0.29, 0.717) is 11.8 Å². The Hall–Kier alpha value is -0.930. The molecule has 2 aliphatic rings. The van der Waals surface area contributed by atoms with Crippen LogP contribution in [-0.2, 0) is 5.60 Å². The Morgan fingerprint density at radius 3 is 2.37 bits per heavy atom. The third-order valence-corrected chi connectivity index (χ3v) is 5.01. The lowest BCUT2D eigenvalue weighted by Crippen LogP contribution is -2.46. The molecule has 0 bridgehead atoms. The second-order valence-electron chi connectivity index (χ2n) is 6.05. The molecule has 3 nitrogen and oxygen atoms in total. The molecule has 1 unspecified atom stereocenters. The highest BCUT2D eigenvalue weighted by Crippen LogP contribution is 2.47. The quantitative estimate of drug-likeness (QED) is 0.877. The predicted molar refractivity (Wildman–Crippen MR) is 75.7 cm³/mol. The lowest BCUT2D eigenvalue weighted by atomic mass is 9.70. The maximum atomic E-state index is 11.5. The van der Waals surface area contributed by atoms with Crippen molar-refractivity contribution < 1.29 is 5.11 Å². The zero-order chi connectivity index (χ0) is 13.1. The Labute approximate surface area is 115 Å². The van der Waals surface area contributed by atoms with Crippen molar-refractivity contribution in [1.82, 2.24) is 10.3 Å². The summed E-state index contributed by atoms with van der Waals surface area (Å²) < 4.78 is 0. The summed E-state index contributed by atoms with van der Waals surface area (Å²) >= 11 is 0. The van der Waals surface area contributed by atoms with Crippen LogP contribution in [0.15, 0.2) is 24.4 Å². The monoisotopic (exact) mass is 260 g/mol. The minimum atomic E-state index is -0.708. The molecule has 2 fully saturated rings. The van der Waals surface area contributed by atoms with Gasteiger partial charge in [-0.3, -0.25) is 4.98 Å². The molecule has 2 N–H and O–H groups in total. The van der Waals surface area contributed by atoms with Crippen LogP contribution in [0.25, 0.3) is 0 Å². The Morgan fingerprint density at radius 1 is 1.05 bits per heavy atom. The van der Waals surface area contributed by atoms with E-state index in [1.807, 2.05) is 24.4 Å². The summed E-state index contributed by atoms with van der Waals surface area (Å²) in [7, 11) is 0. The second kappa shape index (κ2) is 5.59. The molecule has 0 aromatic carbocycles. The van der Waals surface area contributed by atoms with Gasteiger partial charge >= 0.3 is 0 Å². The number of aromatic nitrogens is 1. The van der Waals surface area contributed by atoms with E-state index in [4.69, 9.17) is 0 Å². The van der Waals surface area contributed by atoms with E-state index in [2.05, 4.69) is 10.3 Å².